The number of likely N-dealkylation sites (N-methyl/N-ethyl adjacent to an activating group) is 1. The first-order chi connectivity index (χ1) is 8.97. The predicted molar refractivity (Wildman–Crippen MR) is 70.1 cm³/mol. The summed E-state index contributed by atoms with van der Waals surface area (Å²) >= 11 is 0. The van der Waals surface area contributed by atoms with Crippen LogP contribution in [0.3, 0.4) is 0 Å². The quantitative estimate of drug-likeness (QED) is 0.853. The van der Waals surface area contributed by atoms with Crippen LogP contribution in [-0.2, 0) is 0 Å². The molecule has 0 aromatic rings. The Morgan fingerprint density at radius 2 is 1.74 bits per heavy atom. The summed E-state index contributed by atoms with van der Waals surface area (Å²) in [4.78, 5) is 2.27. The van der Waals surface area contributed by atoms with E-state index in [2.05, 4.69) is 17.3 Å². The second-order valence-corrected chi connectivity index (χ2v) is 6.13. The van der Waals surface area contributed by atoms with Crippen LogP contribution in [0.5, 0.6) is 0 Å². The topological polar surface area (TPSA) is 15.3 Å². The molecular weight excluding hydrogens is 253 g/mol. The van der Waals surface area contributed by atoms with Gasteiger partial charge in [-0.1, -0.05) is 6.42 Å². The SMILES string of the molecule is CN(CC1CCCCN1)C1CCC(C(F)(F)F)CC1. The number of hydrogen-bond donors (Lipinski definition) is 1. The lowest BCUT2D eigenvalue weighted by Crippen LogP contribution is -2.47. The monoisotopic (exact) mass is 278 g/mol. The normalized spacial score (nSPS) is 33.6. The molecule has 0 radical (unpaired) electrons. The van der Waals surface area contributed by atoms with Gasteiger partial charge in [-0.25, -0.2) is 0 Å². The molecule has 2 nitrogen and oxygen atoms in total. The summed E-state index contributed by atoms with van der Waals surface area (Å²) in [6.07, 6.45) is 1.70. The lowest BCUT2D eigenvalue weighted by Gasteiger charge is -2.37. The van der Waals surface area contributed by atoms with Crippen LogP contribution in [0, 0.1) is 5.92 Å². The second-order valence-electron chi connectivity index (χ2n) is 6.13. The van der Waals surface area contributed by atoms with Gasteiger partial charge < -0.3 is 10.2 Å². The first-order valence-corrected chi connectivity index (χ1v) is 7.47. The highest BCUT2D eigenvalue weighted by Crippen LogP contribution is 2.38. The minimum atomic E-state index is -3.99. The van der Waals surface area contributed by atoms with Gasteiger partial charge in [-0.3, -0.25) is 0 Å². The van der Waals surface area contributed by atoms with Crippen LogP contribution in [-0.4, -0.2) is 43.3 Å². The van der Waals surface area contributed by atoms with E-state index < -0.39 is 12.1 Å². The zero-order valence-corrected chi connectivity index (χ0v) is 11.7. The Kier molecular flexibility index (Phi) is 5.12. The smallest absolute Gasteiger partial charge is 0.313 e. The van der Waals surface area contributed by atoms with Gasteiger partial charge in [-0.05, 0) is 52.1 Å². The number of alkyl halides is 3. The molecule has 5 heteroatoms. The first kappa shape index (κ1) is 15.1. The molecule has 0 bridgehead atoms. The summed E-state index contributed by atoms with van der Waals surface area (Å²) in [6, 6.07) is 0.862. The van der Waals surface area contributed by atoms with E-state index in [9.17, 15) is 13.2 Å². The number of hydrogen-bond acceptors (Lipinski definition) is 2. The maximum Gasteiger partial charge on any atom is 0.391 e. The molecule has 112 valence electrons. The molecule has 1 aliphatic heterocycles. The van der Waals surface area contributed by atoms with Gasteiger partial charge in [0, 0.05) is 18.6 Å². The van der Waals surface area contributed by atoms with Crippen molar-refractivity contribution >= 4 is 0 Å². The number of halogens is 3. The fraction of sp³-hybridized carbons (Fsp3) is 1.00. The van der Waals surface area contributed by atoms with E-state index in [1.165, 1.54) is 19.3 Å². The van der Waals surface area contributed by atoms with Crippen LogP contribution in [0.25, 0.3) is 0 Å². The maximum absolute atomic E-state index is 12.6. The fourth-order valence-corrected chi connectivity index (χ4v) is 3.42. The van der Waals surface area contributed by atoms with Crippen molar-refractivity contribution in [1.29, 1.82) is 0 Å². The highest BCUT2D eigenvalue weighted by Gasteiger charge is 2.41. The molecule has 0 amide bonds. The van der Waals surface area contributed by atoms with Crippen molar-refractivity contribution in [3.05, 3.63) is 0 Å². The highest BCUT2D eigenvalue weighted by atomic mass is 19.4. The lowest BCUT2D eigenvalue weighted by atomic mass is 9.85. The molecule has 19 heavy (non-hydrogen) atoms. The van der Waals surface area contributed by atoms with Crippen LogP contribution in [0.15, 0.2) is 0 Å². The van der Waals surface area contributed by atoms with Gasteiger partial charge in [0.1, 0.15) is 0 Å². The molecule has 1 saturated heterocycles. The largest absolute Gasteiger partial charge is 0.391 e. The van der Waals surface area contributed by atoms with Crippen LogP contribution in [0.4, 0.5) is 13.2 Å². The van der Waals surface area contributed by atoms with Crippen molar-refractivity contribution in [1.82, 2.24) is 10.2 Å². The molecule has 1 N–H and O–H groups in total. The van der Waals surface area contributed by atoms with E-state index in [1.54, 1.807) is 0 Å². The zero-order valence-electron chi connectivity index (χ0n) is 11.7. The van der Waals surface area contributed by atoms with Crippen molar-refractivity contribution in [2.45, 2.75) is 63.2 Å². The fourth-order valence-electron chi connectivity index (χ4n) is 3.42. The summed E-state index contributed by atoms with van der Waals surface area (Å²) in [6.45, 7) is 2.06. The molecule has 2 rings (SSSR count). The lowest BCUT2D eigenvalue weighted by molar-refractivity contribution is -0.184. The van der Waals surface area contributed by atoms with Gasteiger partial charge in [0.15, 0.2) is 0 Å². The molecule has 2 fully saturated rings. The average Bonchev–Trinajstić information content (AvgIpc) is 2.39. The molecule has 1 unspecified atom stereocenters. The summed E-state index contributed by atoms with van der Waals surface area (Å²) < 4.78 is 37.9. The van der Waals surface area contributed by atoms with Crippen LogP contribution in [0.1, 0.15) is 44.9 Å². The van der Waals surface area contributed by atoms with E-state index in [4.69, 9.17) is 0 Å². The third-order valence-corrected chi connectivity index (χ3v) is 4.70. The number of rotatable bonds is 3. The van der Waals surface area contributed by atoms with Gasteiger partial charge in [-0.15, -0.1) is 0 Å². The summed E-state index contributed by atoms with van der Waals surface area (Å²) in [7, 11) is 2.06. The Morgan fingerprint density at radius 3 is 2.26 bits per heavy atom. The molecule has 1 atom stereocenters. The molecule has 0 aromatic heterocycles. The van der Waals surface area contributed by atoms with Gasteiger partial charge in [0.05, 0.1) is 5.92 Å². The number of nitrogens with one attached hydrogen (secondary N) is 1. The molecule has 0 aromatic carbocycles. The molecule has 1 aliphatic carbocycles. The van der Waals surface area contributed by atoms with Crippen molar-refractivity contribution < 1.29 is 13.2 Å². The minimum Gasteiger partial charge on any atom is -0.313 e. The molecular formula is C14H25F3N2. The first-order valence-electron chi connectivity index (χ1n) is 7.47. The average molecular weight is 278 g/mol. The summed E-state index contributed by atoms with van der Waals surface area (Å²) in [5.41, 5.74) is 0. The Balaban J connectivity index is 1.74. The Morgan fingerprint density at radius 1 is 1.05 bits per heavy atom. The Bertz CT molecular complexity index is 266. The van der Waals surface area contributed by atoms with Gasteiger partial charge in [-0.2, -0.15) is 13.2 Å². The van der Waals surface area contributed by atoms with E-state index in [1.807, 2.05) is 0 Å². The third-order valence-electron chi connectivity index (χ3n) is 4.70. The van der Waals surface area contributed by atoms with Crippen molar-refractivity contribution in [2.75, 3.05) is 20.1 Å². The van der Waals surface area contributed by atoms with E-state index in [0.717, 1.165) is 13.1 Å². The minimum absolute atomic E-state index is 0.302. The molecule has 2 aliphatic rings. The zero-order chi connectivity index (χ0) is 13.9. The predicted octanol–water partition coefficient (Wildman–Crippen LogP) is 3.18. The molecule has 0 spiro atoms. The van der Waals surface area contributed by atoms with Crippen molar-refractivity contribution in [3.63, 3.8) is 0 Å². The summed E-state index contributed by atoms with van der Waals surface area (Å²) in [5.74, 6) is -1.06. The summed E-state index contributed by atoms with van der Waals surface area (Å²) in [5, 5.41) is 3.50. The number of piperidine rings is 1. The molecule has 1 saturated carbocycles. The maximum atomic E-state index is 12.6. The third kappa shape index (κ3) is 4.35. The van der Waals surface area contributed by atoms with Gasteiger partial charge in [0.2, 0.25) is 0 Å². The van der Waals surface area contributed by atoms with Gasteiger partial charge in [0.25, 0.3) is 0 Å². The Hall–Kier alpha value is -0.290. The van der Waals surface area contributed by atoms with Crippen molar-refractivity contribution in [2.24, 2.45) is 5.92 Å². The van der Waals surface area contributed by atoms with Crippen LogP contribution < -0.4 is 5.32 Å². The van der Waals surface area contributed by atoms with E-state index >= 15 is 0 Å². The number of nitrogens with zero attached hydrogens (tertiary/aromatic N) is 1. The second kappa shape index (κ2) is 6.44. The van der Waals surface area contributed by atoms with E-state index in [0.29, 0.717) is 37.8 Å². The Labute approximate surface area is 113 Å². The standard InChI is InChI=1S/C14H25F3N2/c1-19(10-12-4-2-3-9-18-12)13-7-5-11(6-8-13)14(15,16)17/h11-13,18H,2-10H2,1H3. The van der Waals surface area contributed by atoms with Gasteiger partial charge >= 0.3 is 6.18 Å². The van der Waals surface area contributed by atoms with E-state index in [-0.39, 0.29) is 0 Å². The van der Waals surface area contributed by atoms with Crippen LogP contribution in [0.2, 0.25) is 0 Å². The highest BCUT2D eigenvalue weighted by molar-refractivity contribution is 4.84. The molecule has 1 heterocycles. The van der Waals surface area contributed by atoms with Crippen molar-refractivity contribution in [3.8, 4) is 0 Å². The van der Waals surface area contributed by atoms with Crippen LogP contribution >= 0.6 is 0 Å².